The van der Waals surface area contributed by atoms with Crippen LogP contribution in [0.3, 0.4) is 0 Å². The molecule has 0 bridgehead atoms. The van der Waals surface area contributed by atoms with Crippen LogP contribution in [-0.2, 0) is 22.9 Å². The molecule has 6 atom stereocenters. The van der Waals surface area contributed by atoms with E-state index in [1.165, 1.54) is 24.6 Å². The smallest absolute Gasteiger partial charge is 0.387 e. The third-order valence-corrected chi connectivity index (χ3v) is 8.33. The molecule has 3 aromatic heterocycles. The quantitative estimate of drug-likeness (QED) is 0.447. The van der Waals surface area contributed by atoms with E-state index in [9.17, 15) is 14.8 Å². The number of phosphoric acid groups is 1. The zero-order valence-corrected chi connectivity index (χ0v) is 19.3. The number of nitrogen functional groups attached to an aromatic ring is 1. The first kappa shape index (κ1) is 22.8. The largest absolute Gasteiger partial charge is 0.475 e. The van der Waals surface area contributed by atoms with E-state index in [0.29, 0.717) is 28.0 Å². The highest BCUT2D eigenvalue weighted by Gasteiger charge is 2.54. The zero-order valence-electron chi connectivity index (χ0n) is 17.6. The van der Waals surface area contributed by atoms with Crippen molar-refractivity contribution in [3.8, 4) is 0 Å². The van der Waals surface area contributed by atoms with Gasteiger partial charge >= 0.3 is 7.82 Å². The van der Waals surface area contributed by atoms with Gasteiger partial charge in [0, 0.05) is 24.2 Å². The monoisotopic (exact) mass is 494 g/mol. The molecule has 0 radical (unpaired) electrons. The van der Waals surface area contributed by atoms with Crippen molar-refractivity contribution in [3.63, 3.8) is 0 Å². The van der Waals surface area contributed by atoms with Crippen LogP contribution in [0.25, 0.3) is 10.9 Å². The van der Waals surface area contributed by atoms with Gasteiger partial charge in [-0.15, -0.1) is 11.3 Å². The summed E-state index contributed by atoms with van der Waals surface area (Å²) in [6, 6.07) is 3.54. The number of anilines is 1. The van der Waals surface area contributed by atoms with Crippen LogP contribution in [0.2, 0.25) is 0 Å². The number of hydrogen-bond donors (Lipinski definition) is 3. The van der Waals surface area contributed by atoms with Gasteiger partial charge in [0.05, 0.1) is 35.1 Å². The maximum Gasteiger partial charge on any atom is 0.475 e. The number of rotatable bonds is 5. The summed E-state index contributed by atoms with van der Waals surface area (Å²) in [6.07, 6.45) is 1.39. The van der Waals surface area contributed by atoms with Crippen LogP contribution >= 0.6 is 19.2 Å². The second-order valence-electron chi connectivity index (χ2n) is 8.09. The molecule has 5 rings (SSSR count). The van der Waals surface area contributed by atoms with Crippen molar-refractivity contribution < 1.29 is 33.1 Å². The number of aromatic nitrogens is 3. The second kappa shape index (κ2) is 8.64. The van der Waals surface area contributed by atoms with Crippen molar-refractivity contribution in [2.75, 3.05) is 18.9 Å². The van der Waals surface area contributed by atoms with Crippen molar-refractivity contribution in [1.82, 2.24) is 15.0 Å². The number of aliphatic hydroxyl groups excluding tert-OH is 1. The molecule has 2 aliphatic rings. The third-order valence-electron chi connectivity index (χ3n) is 5.84. The fourth-order valence-corrected chi connectivity index (χ4v) is 6.57. The van der Waals surface area contributed by atoms with Gasteiger partial charge in [-0.3, -0.25) is 18.6 Å². The molecule has 176 valence electrons. The van der Waals surface area contributed by atoms with Gasteiger partial charge in [-0.05, 0) is 24.6 Å². The normalized spacial score (nSPS) is 34.6. The molecule has 2 aliphatic heterocycles. The topological polar surface area (TPSA) is 159 Å². The van der Waals surface area contributed by atoms with E-state index in [4.69, 9.17) is 24.0 Å². The summed E-state index contributed by atoms with van der Waals surface area (Å²) in [6.45, 7) is 1.34. The lowest BCUT2D eigenvalue weighted by Crippen LogP contribution is -2.43. The summed E-state index contributed by atoms with van der Waals surface area (Å²) in [5.41, 5.74) is 5.60. The maximum atomic E-state index is 13.1. The molecular weight excluding hydrogens is 471 g/mol. The molecule has 0 aliphatic carbocycles. The molecule has 3 aromatic rings. The van der Waals surface area contributed by atoms with Crippen LogP contribution in [0.15, 0.2) is 36.2 Å². The Morgan fingerprint density at radius 1 is 1.36 bits per heavy atom. The number of thiophene rings is 1. The van der Waals surface area contributed by atoms with Gasteiger partial charge < -0.3 is 20.7 Å². The van der Waals surface area contributed by atoms with Crippen molar-refractivity contribution in [3.05, 3.63) is 46.7 Å². The Morgan fingerprint density at radius 2 is 2.15 bits per heavy atom. The zero-order chi connectivity index (χ0) is 23.2. The van der Waals surface area contributed by atoms with E-state index in [1.807, 2.05) is 0 Å². The molecule has 2 fully saturated rings. The second-order valence-corrected chi connectivity index (χ2v) is 10.6. The highest BCUT2D eigenvalue weighted by molar-refractivity contribution is 7.48. The molecule has 0 unspecified atom stereocenters. The van der Waals surface area contributed by atoms with Crippen LogP contribution < -0.4 is 5.73 Å². The first-order chi connectivity index (χ1) is 15.8. The minimum atomic E-state index is -3.91. The predicted octanol–water partition coefficient (Wildman–Crippen LogP) is 2.52. The lowest BCUT2D eigenvalue weighted by molar-refractivity contribution is -0.0630. The summed E-state index contributed by atoms with van der Waals surface area (Å²) in [7, 11) is -3.91. The number of nitrogens with two attached hydrogens (primary N) is 1. The Kier molecular flexibility index (Phi) is 5.96. The Labute approximate surface area is 193 Å². The van der Waals surface area contributed by atoms with Gasteiger partial charge in [-0.2, -0.15) is 0 Å². The SMILES string of the molecule is C[C@@]1(O)[C@H](O)[C@@H](CO[P@@]2(=O)OCC[C@@H](c3ccncc3)O2)O[C@H]1c1scc2c(N)ncnc12. The summed E-state index contributed by atoms with van der Waals surface area (Å²) in [5.74, 6) is 0.314. The van der Waals surface area contributed by atoms with E-state index >= 15 is 0 Å². The Bertz CT molecular complexity index is 1190. The van der Waals surface area contributed by atoms with Gasteiger partial charge in [0.1, 0.15) is 36.1 Å². The number of aliphatic hydroxyl groups is 2. The maximum absolute atomic E-state index is 13.1. The van der Waals surface area contributed by atoms with Gasteiger partial charge in [-0.1, -0.05) is 0 Å². The van der Waals surface area contributed by atoms with Crippen molar-refractivity contribution in [2.24, 2.45) is 0 Å². The van der Waals surface area contributed by atoms with Gasteiger partial charge in [0.25, 0.3) is 0 Å². The molecule has 0 amide bonds. The van der Waals surface area contributed by atoms with Crippen LogP contribution in [0.5, 0.6) is 0 Å². The third kappa shape index (κ3) is 4.17. The minimum absolute atomic E-state index is 0.182. The van der Waals surface area contributed by atoms with E-state index in [2.05, 4.69) is 15.0 Å². The average molecular weight is 494 g/mol. The standard InChI is InChI=1S/C20H23N4O7PS/c1-20(26)17(25)14(30-18(20)16-15-12(9-33-16)19(21)24-10-23-15)8-29-32(27)28-7-4-13(31-32)11-2-5-22-6-3-11/h2-3,5-6,9-10,13-14,17-18,25-26H,4,7-8H2,1H3,(H2,21,23,24)/t13-,14+,17+,18-,20+,32+/m0/s1. The van der Waals surface area contributed by atoms with Crippen molar-refractivity contribution >= 4 is 35.9 Å². The van der Waals surface area contributed by atoms with E-state index in [0.717, 1.165) is 5.56 Å². The first-order valence-electron chi connectivity index (χ1n) is 10.3. The van der Waals surface area contributed by atoms with E-state index in [1.54, 1.807) is 29.9 Å². The number of hydrogen-bond acceptors (Lipinski definition) is 12. The Morgan fingerprint density at radius 3 is 2.94 bits per heavy atom. The molecular formula is C20H23N4O7PS. The van der Waals surface area contributed by atoms with E-state index in [-0.39, 0.29) is 13.2 Å². The fraction of sp³-hybridized carbons (Fsp3) is 0.450. The molecule has 0 saturated carbocycles. The van der Waals surface area contributed by atoms with Crippen LogP contribution in [0, 0.1) is 0 Å². The Hall–Kier alpha value is -2.02. The lowest BCUT2D eigenvalue weighted by atomic mass is 9.92. The molecule has 2 saturated heterocycles. The number of pyridine rings is 1. The van der Waals surface area contributed by atoms with Gasteiger partial charge in [0.15, 0.2) is 0 Å². The fourth-order valence-electron chi connectivity index (χ4n) is 4.01. The first-order valence-corrected chi connectivity index (χ1v) is 12.6. The molecule has 0 aromatic carbocycles. The predicted molar refractivity (Wildman–Crippen MR) is 118 cm³/mol. The summed E-state index contributed by atoms with van der Waals surface area (Å²) in [5, 5.41) is 24.2. The molecule has 11 nitrogen and oxygen atoms in total. The van der Waals surface area contributed by atoms with Crippen molar-refractivity contribution in [1.29, 1.82) is 0 Å². The number of ether oxygens (including phenoxy) is 1. The van der Waals surface area contributed by atoms with Crippen LogP contribution in [-0.4, -0.2) is 56.2 Å². The van der Waals surface area contributed by atoms with Gasteiger partial charge in [-0.25, -0.2) is 14.5 Å². The van der Waals surface area contributed by atoms with Gasteiger partial charge in [0.2, 0.25) is 0 Å². The van der Waals surface area contributed by atoms with Crippen LogP contribution in [0.1, 0.15) is 36.0 Å². The van der Waals surface area contributed by atoms with E-state index < -0.39 is 37.8 Å². The minimum Gasteiger partial charge on any atom is -0.387 e. The summed E-state index contributed by atoms with van der Waals surface area (Å²) < 4.78 is 35.5. The van der Waals surface area contributed by atoms with Crippen LogP contribution in [0.4, 0.5) is 5.82 Å². The lowest BCUT2D eigenvalue weighted by Gasteiger charge is -2.30. The number of fused-ring (bicyclic) bond motifs is 1. The number of nitrogens with zero attached hydrogens (tertiary/aromatic N) is 3. The summed E-state index contributed by atoms with van der Waals surface area (Å²) in [4.78, 5) is 12.8. The molecule has 33 heavy (non-hydrogen) atoms. The molecule has 4 N–H and O–H groups in total. The Balaban J connectivity index is 1.31. The van der Waals surface area contributed by atoms with Crippen molar-refractivity contribution in [2.45, 2.75) is 43.4 Å². The number of phosphoric ester groups is 1. The average Bonchev–Trinajstić information content (AvgIpc) is 3.33. The molecule has 5 heterocycles. The molecule has 0 spiro atoms. The molecule has 13 heteroatoms. The summed E-state index contributed by atoms with van der Waals surface area (Å²) >= 11 is 1.30. The highest BCUT2D eigenvalue weighted by Crippen LogP contribution is 2.57. The highest BCUT2D eigenvalue weighted by atomic mass is 32.1.